The number of aromatic nitrogens is 1. The van der Waals surface area contributed by atoms with Gasteiger partial charge in [-0.15, -0.1) is 0 Å². The fraction of sp³-hybridized carbons (Fsp3) is 0.320. The van der Waals surface area contributed by atoms with Gasteiger partial charge in [-0.05, 0) is 53.8 Å². The molecule has 186 valence electrons. The largest absolute Gasteiger partial charge is 0.496 e. The Hall–Kier alpha value is -3.17. The Morgan fingerprint density at radius 1 is 1.14 bits per heavy atom. The number of rotatable bonds is 7. The second-order valence-electron chi connectivity index (χ2n) is 8.62. The van der Waals surface area contributed by atoms with Gasteiger partial charge in [0, 0.05) is 16.6 Å². The number of carbonyl (C=O) groups is 1. The van der Waals surface area contributed by atoms with E-state index >= 15 is 0 Å². The van der Waals surface area contributed by atoms with Gasteiger partial charge in [0.15, 0.2) is 5.60 Å². The van der Waals surface area contributed by atoms with E-state index < -0.39 is 29.6 Å². The standard InChI is InChI=1S/C25H24ClF3N2O4/c1-23(2,17-10-8-15(26)12-21(17)34-3)13-24(33,25(27,28)29)14-30-18-6-5-7-19-16(18)9-11-20(31-19)22(32)35-4/h5-12,14,33H,13H2,1-4H3/b30-14+. The zero-order valence-corrected chi connectivity index (χ0v) is 20.2. The molecule has 1 unspecified atom stereocenters. The number of hydrogen-bond acceptors (Lipinski definition) is 6. The maximum absolute atomic E-state index is 14.1. The quantitative estimate of drug-likeness (QED) is 0.310. The van der Waals surface area contributed by atoms with Crippen molar-refractivity contribution in [2.45, 2.75) is 37.5 Å². The summed E-state index contributed by atoms with van der Waals surface area (Å²) in [5.41, 5.74) is -3.46. The molecular formula is C25H24ClF3N2O4. The molecule has 0 aliphatic heterocycles. The van der Waals surface area contributed by atoms with Crippen LogP contribution in [0.15, 0.2) is 53.5 Å². The van der Waals surface area contributed by atoms with Crippen molar-refractivity contribution in [1.29, 1.82) is 0 Å². The second kappa shape index (κ2) is 9.83. The average Bonchev–Trinajstić information content (AvgIpc) is 2.80. The highest BCUT2D eigenvalue weighted by atomic mass is 35.5. The number of ether oxygens (including phenoxy) is 2. The van der Waals surface area contributed by atoms with Gasteiger partial charge < -0.3 is 14.6 Å². The van der Waals surface area contributed by atoms with Gasteiger partial charge in [-0.3, -0.25) is 4.99 Å². The van der Waals surface area contributed by atoms with Crippen molar-refractivity contribution in [3.05, 3.63) is 64.8 Å². The summed E-state index contributed by atoms with van der Waals surface area (Å²) in [6.45, 7) is 3.14. The van der Waals surface area contributed by atoms with Crippen LogP contribution in [0.4, 0.5) is 18.9 Å². The summed E-state index contributed by atoms with van der Waals surface area (Å²) in [5, 5.41) is 11.6. The van der Waals surface area contributed by atoms with Crippen molar-refractivity contribution in [2.75, 3.05) is 14.2 Å². The van der Waals surface area contributed by atoms with Crippen LogP contribution in [0, 0.1) is 0 Å². The topological polar surface area (TPSA) is 81.0 Å². The Morgan fingerprint density at radius 3 is 2.49 bits per heavy atom. The lowest BCUT2D eigenvalue weighted by Crippen LogP contribution is -2.50. The lowest BCUT2D eigenvalue weighted by Gasteiger charge is -2.36. The molecule has 1 atom stereocenters. The summed E-state index contributed by atoms with van der Waals surface area (Å²) in [6, 6.07) is 12.1. The summed E-state index contributed by atoms with van der Waals surface area (Å²) in [5.74, 6) is -0.336. The first-order chi connectivity index (χ1) is 16.3. The SMILES string of the molecule is COC(=O)c1ccc2c(/N=C/C(O)(CC(C)(C)c3ccc(Cl)cc3OC)C(F)(F)F)cccc2n1. The highest BCUT2D eigenvalue weighted by Gasteiger charge is 2.55. The number of esters is 1. The molecule has 2 aromatic carbocycles. The van der Waals surface area contributed by atoms with E-state index in [0.717, 1.165) is 0 Å². The normalized spacial score (nSPS) is 14.2. The number of nitrogens with zero attached hydrogens (tertiary/aromatic N) is 2. The van der Waals surface area contributed by atoms with Gasteiger partial charge in [-0.25, -0.2) is 9.78 Å². The van der Waals surface area contributed by atoms with Crippen LogP contribution < -0.4 is 4.74 Å². The van der Waals surface area contributed by atoms with Crippen LogP contribution in [0.3, 0.4) is 0 Å². The van der Waals surface area contributed by atoms with Crippen LogP contribution in [0.1, 0.15) is 36.3 Å². The van der Waals surface area contributed by atoms with E-state index in [1.807, 2.05) is 0 Å². The van der Waals surface area contributed by atoms with Crippen LogP contribution >= 0.6 is 11.6 Å². The van der Waals surface area contributed by atoms with E-state index in [4.69, 9.17) is 16.3 Å². The molecular weight excluding hydrogens is 485 g/mol. The van der Waals surface area contributed by atoms with Gasteiger partial charge in [0.1, 0.15) is 11.4 Å². The molecule has 0 saturated heterocycles. The Morgan fingerprint density at radius 2 is 1.86 bits per heavy atom. The molecule has 0 amide bonds. The number of aliphatic hydroxyl groups is 1. The van der Waals surface area contributed by atoms with E-state index in [0.29, 0.717) is 33.5 Å². The van der Waals surface area contributed by atoms with Crippen molar-refractivity contribution in [3.63, 3.8) is 0 Å². The van der Waals surface area contributed by atoms with Crippen LogP contribution in [-0.2, 0) is 10.2 Å². The summed E-state index contributed by atoms with van der Waals surface area (Å²) in [6.07, 6.45) is -5.26. The van der Waals surface area contributed by atoms with Crippen LogP contribution in [0.25, 0.3) is 10.9 Å². The Balaban J connectivity index is 2.02. The molecule has 1 aromatic heterocycles. The van der Waals surface area contributed by atoms with Gasteiger partial charge in [-0.1, -0.05) is 37.6 Å². The van der Waals surface area contributed by atoms with Gasteiger partial charge in [0.25, 0.3) is 0 Å². The first-order valence-corrected chi connectivity index (χ1v) is 10.9. The van der Waals surface area contributed by atoms with Crippen molar-refractivity contribution < 1.29 is 32.5 Å². The van der Waals surface area contributed by atoms with E-state index in [1.165, 1.54) is 44.6 Å². The molecule has 1 N–H and O–H groups in total. The van der Waals surface area contributed by atoms with Gasteiger partial charge in [0.05, 0.1) is 25.4 Å². The van der Waals surface area contributed by atoms with Gasteiger partial charge in [0.2, 0.25) is 0 Å². The molecule has 1 heterocycles. The summed E-state index contributed by atoms with van der Waals surface area (Å²) < 4.78 is 52.4. The monoisotopic (exact) mass is 508 g/mol. The van der Waals surface area contributed by atoms with E-state index in [-0.39, 0.29) is 11.4 Å². The van der Waals surface area contributed by atoms with Crippen LogP contribution in [0.2, 0.25) is 5.02 Å². The minimum absolute atomic E-state index is 0.0478. The number of fused-ring (bicyclic) bond motifs is 1. The maximum Gasteiger partial charge on any atom is 0.422 e. The Kier molecular flexibility index (Phi) is 7.42. The highest BCUT2D eigenvalue weighted by Crippen LogP contribution is 2.43. The fourth-order valence-electron chi connectivity index (χ4n) is 3.86. The number of alkyl halides is 3. The third-order valence-corrected chi connectivity index (χ3v) is 5.85. The van der Waals surface area contributed by atoms with Crippen molar-refractivity contribution in [1.82, 2.24) is 4.98 Å². The fourth-order valence-corrected chi connectivity index (χ4v) is 4.02. The first kappa shape index (κ1) is 26.4. The molecule has 35 heavy (non-hydrogen) atoms. The average molecular weight is 509 g/mol. The van der Waals surface area contributed by atoms with Gasteiger partial charge in [-0.2, -0.15) is 13.2 Å². The Bertz CT molecular complexity index is 1280. The summed E-state index contributed by atoms with van der Waals surface area (Å²) >= 11 is 5.99. The number of methoxy groups -OCH3 is 2. The second-order valence-corrected chi connectivity index (χ2v) is 9.05. The molecule has 10 heteroatoms. The highest BCUT2D eigenvalue weighted by molar-refractivity contribution is 6.30. The molecule has 0 aliphatic rings. The number of halogens is 4. The number of hydrogen-bond donors (Lipinski definition) is 1. The molecule has 0 fully saturated rings. The number of carbonyl (C=O) groups excluding carboxylic acids is 1. The molecule has 0 radical (unpaired) electrons. The zero-order valence-electron chi connectivity index (χ0n) is 19.5. The number of aliphatic imine (C=N–C) groups is 1. The first-order valence-electron chi connectivity index (χ1n) is 10.5. The predicted octanol–water partition coefficient (Wildman–Crippen LogP) is 6.05. The summed E-state index contributed by atoms with van der Waals surface area (Å²) in [7, 11) is 2.61. The lowest BCUT2D eigenvalue weighted by atomic mass is 9.75. The maximum atomic E-state index is 14.1. The van der Waals surface area contributed by atoms with Gasteiger partial charge >= 0.3 is 12.1 Å². The molecule has 6 nitrogen and oxygen atoms in total. The third-order valence-electron chi connectivity index (χ3n) is 5.62. The molecule has 0 saturated carbocycles. The van der Waals surface area contributed by atoms with Crippen molar-refractivity contribution in [2.24, 2.45) is 4.99 Å². The number of pyridine rings is 1. The predicted molar refractivity (Wildman–Crippen MR) is 128 cm³/mol. The number of benzene rings is 2. The van der Waals surface area contributed by atoms with E-state index in [2.05, 4.69) is 14.7 Å². The molecule has 3 aromatic rings. The third kappa shape index (κ3) is 5.57. The molecule has 0 spiro atoms. The van der Waals surface area contributed by atoms with Crippen molar-refractivity contribution in [3.8, 4) is 5.75 Å². The molecule has 3 rings (SSSR count). The van der Waals surface area contributed by atoms with E-state index in [9.17, 15) is 23.1 Å². The molecule has 0 bridgehead atoms. The van der Waals surface area contributed by atoms with Crippen molar-refractivity contribution >= 4 is 40.4 Å². The zero-order chi connectivity index (χ0) is 26.0. The Labute approximate surface area is 205 Å². The summed E-state index contributed by atoms with van der Waals surface area (Å²) in [4.78, 5) is 19.9. The van der Waals surface area contributed by atoms with Crippen LogP contribution in [-0.4, -0.2) is 48.3 Å². The van der Waals surface area contributed by atoms with E-state index in [1.54, 1.807) is 32.0 Å². The lowest BCUT2D eigenvalue weighted by molar-refractivity contribution is -0.234. The molecule has 0 aliphatic carbocycles. The minimum Gasteiger partial charge on any atom is -0.496 e. The minimum atomic E-state index is -5.02. The smallest absolute Gasteiger partial charge is 0.422 e. The van der Waals surface area contributed by atoms with Crippen LogP contribution in [0.5, 0.6) is 5.75 Å².